The summed E-state index contributed by atoms with van der Waals surface area (Å²) in [6, 6.07) is 3.98. The van der Waals surface area contributed by atoms with E-state index in [1.807, 2.05) is 32.9 Å². The van der Waals surface area contributed by atoms with Gasteiger partial charge in [0.15, 0.2) is 0 Å². The van der Waals surface area contributed by atoms with Gasteiger partial charge in [0.2, 0.25) is 0 Å². The second-order valence-electron chi connectivity index (χ2n) is 4.05. The van der Waals surface area contributed by atoms with E-state index in [0.29, 0.717) is 0 Å². The summed E-state index contributed by atoms with van der Waals surface area (Å²) in [5.41, 5.74) is 5.80. The normalized spacial score (nSPS) is 11.4. The van der Waals surface area contributed by atoms with Crippen LogP contribution in [0.1, 0.15) is 17.2 Å². The molecule has 0 radical (unpaired) electrons. The summed E-state index contributed by atoms with van der Waals surface area (Å²) in [4.78, 5) is 16.7. The number of hydrogen-bond donors (Lipinski definition) is 1. The maximum atomic E-state index is 4.58. The van der Waals surface area contributed by atoms with Crippen LogP contribution in [-0.4, -0.2) is 19.9 Å². The summed E-state index contributed by atoms with van der Waals surface area (Å²) in [6.45, 7) is 5.91. The van der Waals surface area contributed by atoms with E-state index in [1.54, 1.807) is 0 Å². The predicted molar refractivity (Wildman–Crippen MR) is 63.4 cm³/mol. The molecule has 0 aliphatic carbocycles. The van der Waals surface area contributed by atoms with Crippen molar-refractivity contribution >= 4 is 22.1 Å². The van der Waals surface area contributed by atoms with E-state index in [1.165, 1.54) is 0 Å². The smallest absolute Gasteiger partial charge is 0.126 e. The van der Waals surface area contributed by atoms with Crippen LogP contribution in [0.4, 0.5) is 0 Å². The van der Waals surface area contributed by atoms with Gasteiger partial charge in [-0.1, -0.05) is 0 Å². The number of H-pyrrole nitrogens is 1. The molecule has 2 aromatic heterocycles. The number of aromatic nitrogens is 4. The molecule has 0 aliphatic rings. The van der Waals surface area contributed by atoms with Crippen molar-refractivity contribution < 1.29 is 0 Å². The quantitative estimate of drug-likeness (QED) is 0.622. The van der Waals surface area contributed by atoms with Gasteiger partial charge in [0.05, 0.1) is 16.7 Å². The van der Waals surface area contributed by atoms with E-state index in [4.69, 9.17) is 0 Å². The average molecular weight is 212 g/mol. The van der Waals surface area contributed by atoms with Crippen LogP contribution in [-0.2, 0) is 0 Å². The molecular formula is C12H12N4. The highest BCUT2D eigenvalue weighted by Gasteiger charge is 2.08. The molecule has 0 fully saturated rings. The molecule has 16 heavy (non-hydrogen) atoms. The maximum Gasteiger partial charge on any atom is 0.126 e. The lowest BCUT2D eigenvalue weighted by Gasteiger charge is -2.03. The van der Waals surface area contributed by atoms with E-state index >= 15 is 0 Å². The highest BCUT2D eigenvalue weighted by Crippen LogP contribution is 2.21. The lowest BCUT2D eigenvalue weighted by molar-refractivity contribution is 1.10. The molecule has 80 valence electrons. The SMILES string of the molecule is Cc1nc2ccc3[nH]c(C)c(C)nc3c2n1. The highest BCUT2D eigenvalue weighted by atomic mass is 14.9. The number of rotatable bonds is 0. The summed E-state index contributed by atoms with van der Waals surface area (Å²) in [5.74, 6) is 0.794. The standard InChI is InChI=1S/C12H12N4/c1-6-7(2)14-11-9(13-6)4-5-10-12(11)16-8(3)15-10/h4-5,13H,1-3H3. The van der Waals surface area contributed by atoms with E-state index in [2.05, 4.69) is 19.9 Å². The van der Waals surface area contributed by atoms with Crippen LogP contribution in [0.2, 0.25) is 0 Å². The van der Waals surface area contributed by atoms with Gasteiger partial charge >= 0.3 is 0 Å². The molecule has 0 saturated heterocycles. The van der Waals surface area contributed by atoms with E-state index in [9.17, 15) is 0 Å². The Morgan fingerprint density at radius 2 is 1.75 bits per heavy atom. The number of imidazole rings is 1. The molecule has 0 saturated carbocycles. The van der Waals surface area contributed by atoms with Gasteiger partial charge in [-0.2, -0.15) is 0 Å². The highest BCUT2D eigenvalue weighted by molar-refractivity contribution is 5.99. The summed E-state index contributed by atoms with van der Waals surface area (Å²) in [7, 11) is 0. The fourth-order valence-electron chi connectivity index (χ4n) is 1.89. The zero-order valence-electron chi connectivity index (χ0n) is 9.50. The van der Waals surface area contributed by atoms with Crippen molar-refractivity contribution in [1.82, 2.24) is 19.9 Å². The number of aryl methyl sites for hydroxylation is 3. The van der Waals surface area contributed by atoms with Gasteiger partial charge in [-0.15, -0.1) is 0 Å². The van der Waals surface area contributed by atoms with Crippen molar-refractivity contribution in [2.75, 3.05) is 0 Å². The lowest BCUT2D eigenvalue weighted by atomic mass is 10.2. The minimum Gasteiger partial charge on any atom is -0.356 e. The molecule has 3 rings (SSSR count). The third kappa shape index (κ3) is 1.19. The molecule has 2 heterocycles. The molecule has 3 aromatic rings. The first kappa shape index (κ1) is 9.27. The van der Waals surface area contributed by atoms with Crippen LogP contribution in [0, 0.1) is 20.8 Å². The molecular weight excluding hydrogens is 200 g/mol. The second kappa shape index (κ2) is 3.01. The first-order valence-electron chi connectivity index (χ1n) is 5.25. The van der Waals surface area contributed by atoms with Crippen LogP contribution >= 0.6 is 0 Å². The topological polar surface area (TPSA) is 54.5 Å². The molecule has 0 bridgehead atoms. The van der Waals surface area contributed by atoms with Crippen molar-refractivity contribution in [2.24, 2.45) is 0 Å². The Bertz CT molecular complexity index is 697. The monoisotopic (exact) mass is 212 g/mol. The van der Waals surface area contributed by atoms with E-state index in [-0.39, 0.29) is 0 Å². The zero-order valence-corrected chi connectivity index (χ0v) is 9.50. The number of nitrogens with zero attached hydrogens (tertiary/aromatic N) is 3. The maximum absolute atomic E-state index is 4.58. The molecule has 0 amide bonds. The largest absolute Gasteiger partial charge is 0.356 e. The summed E-state index contributed by atoms with van der Waals surface area (Å²) in [6.07, 6.45) is 0. The minimum absolute atomic E-state index is 0.794. The number of hydrogen-bond acceptors (Lipinski definition) is 3. The Labute approximate surface area is 92.8 Å². The van der Waals surface area contributed by atoms with E-state index in [0.717, 1.165) is 39.3 Å². The number of aromatic amines is 1. The summed E-state index contributed by atoms with van der Waals surface area (Å²) < 4.78 is 0. The van der Waals surface area contributed by atoms with Crippen LogP contribution in [0.15, 0.2) is 12.1 Å². The first-order chi connectivity index (χ1) is 7.65. The Hall–Kier alpha value is -1.97. The zero-order chi connectivity index (χ0) is 11.3. The van der Waals surface area contributed by atoms with Gasteiger partial charge < -0.3 is 4.98 Å². The first-order valence-corrected chi connectivity index (χ1v) is 5.25. The van der Waals surface area contributed by atoms with Crippen LogP contribution < -0.4 is 0 Å². The minimum atomic E-state index is 0.794. The third-order valence-corrected chi connectivity index (χ3v) is 2.83. The van der Waals surface area contributed by atoms with Crippen LogP contribution in [0.5, 0.6) is 0 Å². The predicted octanol–water partition coefficient (Wildman–Crippen LogP) is 2.43. The molecule has 0 spiro atoms. The van der Waals surface area contributed by atoms with Crippen molar-refractivity contribution in [3.05, 3.63) is 29.3 Å². The van der Waals surface area contributed by atoms with Crippen LogP contribution in [0.3, 0.4) is 0 Å². The van der Waals surface area contributed by atoms with Gasteiger partial charge in [-0.3, -0.25) is 0 Å². The number of benzene rings is 1. The fourth-order valence-corrected chi connectivity index (χ4v) is 1.89. The van der Waals surface area contributed by atoms with Crippen molar-refractivity contribution in [1.29, 1.82) is 0 Å². The number of nitrogens with one attached hydrogen (secondary N) is 1. The lowest BCUT2D eigenvalue weighted by Crippen LogP contribution is -1.93. The summed E-state index contributed by atoms with van der Waals surface area (Å²) in [5, 5.41) is 0. The molecule has 1 aromatic carbocycles. The average Bonchev–Trinajstić information content (AvgIpc) is 2.61. The molecule has 4 nitrogen and oxygen atoms in total. The third-order valence-electron chi connectivity index (χ3n) is 2.83. The number of fused-ring (bicyclic) bond motifs is 3. The fraction of sp³-hybridized carbons (Fsp3) is 0.250. The van der Waals surface area contributed by atoms with Gasteiger partial charge in [-0.25, -0.2) is 15.0 Å². The van der Waals surface area contributed by atoms with Crippen molar-refractivity contribution in [2.45, 2.75) is 20.8 Å². The van der Waals surface area contributed by atoms with Crippen molar-refractivity contribution in [3.63, 3.8) is 0 Å². The van der Waals surface area contributed by atoms with E-state index < -0.39 is 0 Å². The van der Waals surface area contributed by atoms with Gasteiger partial charge in [0, 0.05) is 5.69 Å². The van der Waals surface area contributed by atoms with Gasteiger partial charge in [0.1, 0.15) is 16.9 Å². The molecule has 0 atom stereocenters. The summed E-state index contributed by atoms with van der Waals surface area (Å²) >= 11 is 0. The molecule has 1 N–H and O–H groups in total. The van der Waals surface area contributed by atoms with Gasteiger partial charge in [-0.05, 0) is 32.9 Å². The Morgan fingerprint density at radius 1 is 0.938 bits per heavy atom. The molecule has 0 aliphatic heterocycles. The Morgan fingerprint density at radius 3 is 2.56 bits per heavy atom. The molecule has 0 unspecified atom stereocenters. The van der Waals surface area contributed by atoms with Crippen LogP contribution in [0.25, 0.3) is 22.1 Å². The van der Waals surface area contributed by atoms with Gasteiger partial charge in [0.25, 0.3) is 0 Å². The Balaban J connectivity index is 2.54. The second-order valence-corrected chi connectivity index (χ2v) is 4.05. The van der Waals surface area contributed by atoms with Crippen molar-refractivity contribution in [3.8, 4) is 0 Å². The Kier molecular flexibility index (Phi) is 1.74. The molecule has 4 heteroatoms.